The van der Waals surface area contributed by atoms with Crippen LogP contribution in [0.15, 0.2) is 0 Å². The average Bonchev–Trinajstić information content (AvgIpc) is 1.96. The van der Waals surface area contributed by atoms with Gasteiger partial charge in [-0.3, -0.25) is 0 Å². The molecule has 5 heteroatoms. The van der Waals surface area contributed by atoms with Crippen molar-refractivity contribution >= 4 is 10.7 Å². The van der Waals surface area contributed by atoms with Crippen molar-refractivity contribution in [3.63, 3.8) is 0 Å². The molecule has 0 rings (SSSR count). The molecule has 0 aromatic heterocycles. The molecule has 4 nitrogen and oxygen atoms in total. The molecule has 1 atom stereocenters. The number of hydrogen-bond donors (Lipinski definition) is 2. The largest absolute Gasteiger partial charge is 0.366 e. The van der Waals surface area contributed by atoms with E-state index in [2.05, 4.69) is 26.1 Å². The van der Waals surface area contributed by atoms with Crippen LogP contribution < -0.4 is 5.32 Å². The summed E-state index contributed by atoms with van der Waals surface area (Å²) in [4.78, 5) is 0. The third kappa shape index (κ3) is 9.79. The summed E-state index contributed by atoms with van der Waals surface area (Å²) in [5.41, 5.74) is 0. The summed E-state index contributed by atoms with van der Waals surface area (Å²) in [5.74, 6) is -0.163. The summed E-state index contributed by atoms with van der Waals surface area (Å²) < 4.78 is 25.1. The smallest absolute Gasteiger partial charge is 0.164 e. The fourth-order valence-electron chi connectivity index (χ4n) is 1.05. The maximum Gasteiger partial charge on any atom is 0.164 e. The second kappa shape index (κ2) is 7.29. The lowest BCUT2D eigenvalue weighted by molar-refractivity contribution is 0.165. The predicted molar refractivity (Wildman–Crippen MR) is 53.5 cm³/mol. The van der Waals surface area contributed by atoms with E-state index in [4.69, 9.17) is 4.74 Å². The van der Waals surface area contributed by atoms with Crippen LogP contribution in [-0.4, -0.2) is 33.0 Å². The summed E-state index contributed by atoms with van der Waals surface area (Å²) in [6, 6.07) is 0.815. The Kier molecular flexibility index (Phi) is 7.22. The molecule has 1 N–H and O–H groups in total. The van der Waals surface area contributed by atoms with E-state index in [0.717, 1.165) is 6.42 Å². The number of thiol groups is 1. The molecule has 1 unspecified atom stereocenters. The Balaban J connectivity index is 3.31. The first-order chi connectivity index (χ1) is 6.02. The van der Waals surface area contributed by atoms with Gasteiger partial charge in [0, 0.05) is 18.7 Å². The summed E-state index contributed by atoms with van der Waals surface area (Å²) in [6.45, 7) is 6.70. The lowest BCUT2D eigenvalue weighted by Crippen LogP contribution is -2.33. The minimum atomic E-state index is -2.39. The molecular weight excluding hydrogens is 190 g/mol. The number of nitrogens with one attached hydrogen (secondary N) is 1. The fraction of sp³-hybridized carbons (Fsp3) is 1.00. The fourth-order valence-corrected chi connectivity index (χ4v) is 1.33. The van der Waals surface area contributed by atoms with Crippen molar-refractivity contribution in [2.45, 2.75) is 39.3 Å². The van der Waals surface area contributed by atoms with Crippen LogP contribution in [0.2, 0.25) is 0 Å². The molecule has 0 amide bonds. The van der Waals surface area contributed by atoms with E-state index < -0.39 is 10.7 Å². The third-order valence-electron chi connectivity index (χ3n) is 1.51. The van der Waals surface area contributed by atoms with Crippen LogP contribution in [-0.2, 0) is 15.4 Å². The van der Waals surface area contributed by atoms with Gasteiger partial charge in [-0.1, -0.05) is 13.8 Å². The van der Waals surface area contributed by atoms with Crippen LogP contribution >= 0.6 is 0 Å². The summed E-state index contributed by atoms with van der Waals surface area (Å²) in [5, 5.41) is 3.30. The zero-order valence-electron chi connectivity index (χ0n) is 8.45. The van der Waals surface area contributed by atoms with E-state index in [1.165, 1.54) is 0 Å². The minimum absolute atomic E-state index is 0.163. The molecule has 0 fully saturated rings. The van der Waals surface area contributed by atoms with Crippen molar-refractivity contribution in [2.75, 3.05) is 12.5 Å². The first-order valence-corrected chi connectivity index (χ1v) is 5.84. The van der Waals surface area contributed by atoms with Gasteiger partial charge in [0.15, 0.2) is 10.7 Å². The van der Waals surface area contributed by atoms with E-state index in [9.17, 15) is 8.42 Å². The van der Waals surface area contributed by atoms with E-state index in [0.29, 0.717) is 18.7 Å². The highest BCUT2D eigenvalue weighted by Gasteiger charge is 2.02. The molecular formula is C8H19NO3S. The Morgan fingerprint density at radius 1 is 1.31 bits per heavy atom. The number of ether oxygens (including phenoxy) is 1. The van der Waals surface area contributed by atoms with E-state index in [1.807, 2.05) is 0 Å². The first-order valence-electron chi connectivity index (χ1n) is 4.48. The van der Waals surface area contributed by atoms with Gasteiger partial charge in [-0.15, -0.1) is 0 Å². The Hall–Kier alpha value is -0.130. The van der Waals surface area contributed by atoms with E-state index in [-0.39, 0.29) is 5.94 Å². The molecule has 0 radical (unpaired) electrons. The summed E-state index contributed by atoms with van der Waals surface area (Å²) in [7, 11) is -2.39. The maximum absolute atomic E-state index is 10.1. The molecule has 0 aliphatic rings. The van der Waals surface area contributed by atoms with Gasteiger partial charge in [-0.05, 0) is 13.3 Å². The van der Waals surface area contributed by atoms with Gasteiger partial charge in [0.1, 0.15) is 5.94 Å². The van der Waals surface area contributed by atoms with Crippen molar-refractivity contribution in [1.82, 2.24) is 5.32 Å². The second-order valence-electron chi connectivity index (χ2n) is 3.38. The van der Waals surface area contributed by atoms with Crippen LogP contribution in [0.1, 0.15) is 27.2 Å². The first kappa shape index (κ1) is 12.9. The highest BCUT2D eigenvalue weighted by molar-refractivity contribution is 7.72. The van der Waals surface area contributed by atoms with Crippen LogP contribution in [0.5, 0.6) is 0 Å². The van der Waals surface area contributed by atoms with Gasteiger partial charge < -0.3 is 10.1 Å². The normalized spacial score (nSPS) is 13.9. The predicted octanol–water partition coefficient (Wildman–Crippen LogP) is 0.348. The lowest BCUT2D eigenvalue weighted by Gasteiger charge is -2.16. The van der Waals surface area contributed by atoms with E-state index >= 15 is 0 Å². The van der Waals surface area contributed by atoms with E-state index in [1.54, 1.807) is 0 Å². The molecule has 80 valence electrons. The Morgan fingerprint density at radius 3 is 2.38 bits per heavy atom. The molecule has 0 aromatic rings. The molecule has 0 aliphatic carbocycles. The molecule has 0 aromatic carbocycles. The highest BCUT2D eigenvalue weighted by atomic mass is 32.2. The molecule has 0 heterocycles. The van der Waals surface area contributed by atoms with Gasteiger partial charge in [0.05, 0.1) is 0 Å². The average molecular weight is 209 g/mol. The Bertz CT molecular complexity index is 184. The van der Waals surface area contributed by atoms with Gasteiger partial charge in [0.2, 0.25) is 0 Å². The van der Waals surface area contributed by atoms with Crippen LogP contribution in [0.4, 0.5) is 0 Å². The van der Waals surface area contributed by atoms with Crippen molar-refractivity contribution in [3.8, 4) is 0 Å². The number of rotatable bonds is 7. The van der Waals surface area contributed by atoms with Gasteiger partial charge in [0.25, 0.3) is 0 Å². The summed E-state index contributed by atoms with van der Waals surface area (Å²) >= 11 is 0. The molecule has 0 spiro atoms. The highest BCUT2D eigenvalue weighted by Crippen LogP contribution is 1.93. The van der Waals surface area contributed by atoms with Crippen molar-refractivity contribution < 1.29 is 13.2 Å². The zero-order chi connectivity index (χ0) is 10.3. The molecule has 0 saturated heterocycles. The lowest BCUT2D eigenvalue weighted by atomic mass is 10.2. The zero-order valence-corrected chi connectivity index (χ0v) is 9.34. The quantitative estimate of drug-likeness (QED) is 0.469. The minimum Gasteiger partial charge on any atom is -0.366 e. The monoisotopic (exact) mass is 209 g/mol. The van der Waals surface area contributed by atoms with Gasteiger partial charge in [-0.25, -0.2) is 8.42 Å². The Morgan fingerprint density at radius 2 is 1.92 bits per heavy atom. The SMILES string of the molecule is CC(C)NC(C)CCOC[SH](=O)=O. The number of hydrogen-bond acceptors (Lipinski definition) is 4. The maximum atomic E-state index is 10.1. The topological polar surface area (TPSA) is 55.4 Å². The summed E-state index contributed by atoms with van der Waals surface area (Å²) in [6.07, 6.45) is 0.835. The standard InChI is InChI=1S/C8H19NO3S/c1-7(2)9-8(3)4-5-12-6-13(10)11/h7-9,13H,4-6H2,1-3H3. The van der Waals surface area contributed by atoms with Gasteiger partial charge in [-0.2, -0.15) is 0 Å². The van der Waals surface area contributed by atoms with Crippen molar-refractivity contribution in [1.29, 1.82) is 0 Å². The van der Waals surface area contributed by atoms with Crippen molar-refractivity contribution in [2.24, 2.45) is 0 Å². The van der Waals surface area contributed by atoms with Crippen molar-refractivity contribution in [3.05, 3.63) is 0 Å². The van der Waals surface area contributed by atoms with Gasteiger partial charge >= 0.3 is 0 Å². The Labute approximate surface area is 81.6 Å². The molecule has 13 heavy (non-hydrogen) atoms. The molecule has 0 aliphatic heterocycles. The third-order valence-corrected chi connectivity index (χ3v) is 1.90. The molecule has 0 saturated carbocycles. The molecule has 0 bridgehead atoms. The van der Waals surface area contributed by atoms with Crippen LogP contribution in [0.25, 0.3) is 0 Å². The van der Waals surface area contributed by atoms with Crippen LogP contribution in [0.3, 0.4) is 0 Å². The second-order valence-corrected chi connectivity index (χ2v) is 4.30. The van der Waals surface area contributed by atoms with Crippen LogP contribution in [0, 0.1) is 0 Å².